The lowest BCUT2D eigenvalue weighted by molar-refractivity contribution is 0.201. The Morgan fingerprint density at radius 1 is 1.07 bits per heavy atom. The summed E-state index contributed by atoms with van der Waals surface area (Å²) in [7, 11) is 0. The van der Waals surface area contributed by atoms with E-state index in [1.807, 2.05) is 41.1 Å². The number of nitrogens with zero attached hydrogens (tertiary/aromatic N) is 3. The number of hydrogen-bond acceptors (Lipinski definition) is 3. The molecule has 2 aromatic carbocycles. The van der Waals surface area contributed by atoms with Crippen LogP contribution in [-0.4, -0.2) is 40.9 Å². The molecule has 1 fully saturated rings. The molecule has 142 valence electrons. The molecule has 27 heavy (non-hydrogen) atoms. The summed E-state index contributed by atoms with van der Waals surface area (Å²) in [6, 6.07) is 16.2. The van der Waals surface area contributed by atoms with Crippen molar-refractivity contribution in [1.82, 2.24) is 14.7 Å². The van der Waals surface area contributed by atoms with Crippen LogP contribution in [0.2, 0.25) is 5.02 Å². The van der Waals surface area contributed by atoms with E-state index in [-0.39, 0.29) is 0 Å². The van der Waals surface area contributed by atoms with Gasteiger partial charge >= 0.3 is 0 Å². The van der Waals surface area contributed by atoms with Gasteiger partial charge in [0.1, 0.15) is 0 Å². The number of hydrogen-bond donors (Lipinski definition) is 0. The van der Waals surface area contributed by atoms with Crippen molar-refractivity contribution in [3.05, 3.63) is 59.1 Å². The zero-order valence-electron chi connectivity index (χ0n) is 15.8. The number of rotatable bonds is 7. The fourth-order valence-electron chi connectivity index (χ4n) is 3.77. The summed E-state index contributed by atoms with van der Waals surface area (Å²) in [5.74, 6) is 1.22. The van der Waals surface area contributed by atoms with Crippen molar-refractivity contribution < 1.29 is 4.74 Å². The monoisotopic (exact) mass is 383 g/mol. The van der Waals surface area contributed by atoms with E-state index in [4.69, 9.17) is 21.4 Å². The van der Waals surface area contributed by atoms with Crippen molar-refractivity contribution in [2.24, 2.45) is 5.92 Å². The van der Waals surface area contributed by atoms with Gasteiger partial charge in [-0.25, -0.2) is 0 Å². The van der Waals surface area contributed by atoms with Gasteiger partial charge in [0.2, 0.25) is 5.88 Å². The van der Waals surface area contributed by atoms with E-state index in [1.165, 1.54) is 31.5 Å². The van der Waals surface area contributed by atoms with Gasteiger partial charge in [-0.2, -0.15) is 0 Å². The van der Waals surface area contributed by atoms with Crippen LogP contribution in [0.25, 0.3) is 10.9 Å². The van der Waals surface area contributed by atoms with Gasteiger partial charge in [0.05, 0.1) is 24.1 Å². The first-order valence-corrected chi connectivity index (χ1v) is 10.1. The molecule has 0 N–H and O–H groups in total. The van der Waals surface area contributed by atoms with E-state index < -0.39 is 0 Å². The third kappa shape index (κ3) is 4.45. The third-order valence-electron chi connectivity index (χ3n) is 5.14. The SMILES string of the molecule is CC(COc1nn(Cc2ccc(Cl)cc2)c2ccccc12)CN1CCCC1. The number of aromatic nitrogens is 2. The average molecular weight is 384 g/mol. The van der Waals surface area contributed by atoms with Crippen molar-refractivity contribution >= 4 is 22.5 Å². The first-order valence-electron chi connectivity index (χ1n) is 9.74. The maximum absolute atomic E-state index is 6.15. The molecular formula is C22H26ClN3O. The third-order valence-corrected chi connectivity index (χ3v) is 5.39. The number of ether oxygens (including phenoxy) is 1. The molecule has 0 bridgehead atoms. The van der Waals surface area contributed by atoms with E-state index in [2.05, 4.69) is 24.0 Å². The van der Waals surface area contributed by atoms with Crippen LogP contribution in [0.3, 0.4) is 0 Å². The zero-order chi connectivity index (χ0) is 18.6. The minimum atomic E-state index is 0.489. The highest BCUT2D eigenvalue weighted by atomic mass is 35.5. The topological polar surface area (TPSA) is 30.3 Å². The second-order valence-corrected chi connectivity index (χ2v) is 7.97. The lowest BCUT2D eigenvalue weighted by Crippen LogP contribution is -2.28. The van der Waals surface area contributed by atoms with Crippen LogP contribution < -0.4 is 4.74 Å². The first-order chi connectivity index (χ1) is 13.2. The van der Waals surface area contributed by atoms with Crippen molar-refractivity contribution in [3.63, 3.8) is 0 Å². The lowest BCUT2D eigenvalue weighted by Gasteiger charge is -2.19. The van der Waals surface area contributed by atoms with E-state index >= 15 is 0 Å². The van der Waals surface area contributed by atoms with Crippen LogP contribution in [0.15, 0.2) is 48.5 Å². The van der Waals surface area contributed by atoms with Crippen LogP contribution in [0.5, 0.6) is 5.88 Å². The normalized spacial score (nSPS) is 16.1. The number of para-hydroxylation sites is 1. The molecule has 1 aromatic heterocycles. The predicted octanol–water partition coefficient (Wildman–Crippen LogP) is 4.85. The Morgan fingerprint density at radius 3 is 2.59 bits per heavy atom. The molecule has 4 rings (SSSR count). The minimum Gasteiger partial charge on any atom is -0.476 e. The van der Waals surface area contributed by atoms with Gasteiger partial charge in [-0.15, -0.1) is 5.10 Å². The highest BCUT2D eigenvalue weighted by Crippen LogP contribution is 2.26. The average Bonchev–Trinajstić information content (AvgIpc) is 3.30. The predicted molar refractivity (Wildman–Crippen MR) is 111 cm³/mol. The molecule has 1 saturated heterocycles. The van der Waals surface area contributed by atoms with Crippen LogP contribution in [0.1, 0.15) is 25.3 Å². The van der Waals surface area contributed by atoms with E-state index in [9.17, 15) is 0 Å². The van der Waals surface area contributed by atoms with Gasteiger partial charge in [0.15, 0.2) is 0 Å². The van der Waals surface area contributed by atoms with E-state index in [0.717, 1.165) is 28.4 Å². The highest BCUT2D eigenvalue weighted by Gasteiger charge is 2.17. The highest BCUT2D eigenvalue weighted by molar-refractivity contribution is 6.30. The lowest BCUT2D eigenvalue weighted by atomic mass is 10.2. The summed E-state index contributed by atoms with van der Waals surface area (Å²) in [6.07, 6.45) is 2.65. The standard InChI is InChI=1S/C22H26ClN3O/c1-17(14-25-12-4-5-13-25)16-27-22-20-6-2-3-7-21(20)26(24-22)15-18-8-10-19(23)11-9-18/h2-3,6-11,17H,4-5,12-16H2,1H3. The van der Waals surface area contributed by atoms with Crippen LogP contribution in [-0.2, 0) is 6.54 Å². The van der Waals surface area contributed by atoms with Crippen LogP contribution >= 0.6 is 11.6 Å². The van der Waals surface area contributed by atoms with E-state index in [0.29, 0.717) is 19.1 Å². The van der Waals surface area contributed by atoms with Crippen molar-refractivity contribution in [3.8, 4) is 5.88 Å². The van der Waals surface area contributed by atoms with Gasteiger partial charge in [0.25, 0.3) is 0 Å². The Bertz CT molecular complexity index is 884. The van der Waals surface area contributed by atoms with Gasteiger partial charge < -0.3 is 9.64 Å². The molecule has 2 heterocycles. The van der Waals surface area contributed by atoms with Crippen molar-refractivity contribution in [1.29, 1.82) is 0 Å². The molecule has 5 heteroatoms. The summed E-state index contributed by atoms with van der Waals surface area (Å²) < 4.78 is 8.16. The fraction of sp³-hybridized carbons (Fsp3) is 0.409. The molecule has 0 saturated carbocycles. The van der Waals surface area contributed by atoms with Crippen molar-refractivity contribution in [2.45, 2.75) is 26.3 Å². The quantitative estimate of drug-likeness (QED) is 0.584. The van der Waals surface area contributed by atoms with Gasteiger partial charge in [-0.3, -0.25) is 4.68 Å². The molecule has 0 amide bonds. The van der Waals surface area contributed by atoms with Crippen molar-refractivity contribution in [2.75, 3.05) is 26.2 Å². The Balaban J connectivity index is 1.48. The summed E-state index contributed by atoms with van der Waals surface area (Å²) in [5, 5.41) is 6.58. The number of benzene rings is 2. The molecule has 0 radical (unpaired) electrons. The molecule has 0 aliphatic carbocycles. The van der Waals surface area contributed by atoms with Crippen LogP contribution in [0, 0.1) is 5.92 Å². The minimum absolute atomic E-state index is 0.489. The summed E-state index contributed by atoms with van der Waals surface area (Å²) in [4.78, 5) is 2.53. The Labute approximate surface area is 165 Å². The molecule has 3 aromatic rings. The van der Waals surface area contributed by atoms with Crippen LogP contribution in [0.4, 0.5) is 0 Å². The Kier molecular flexibility index (Phi) is 5.65. The molecule has 1 aliphatic heterocycles. The smallest absolute Gasteiger partial charge is 0.240 e. The number of halogens is 1. The number of likely N-dealkylation sites (tertiary alicyclic amines) is 1. The Hall–Kier alpha value is -2.04. The largest absolute Gasteiger partial charge is 0.476 e. The molecule has 0 spiro atoms. The van der Waals surface area contributed by atoms with E-state index in [1.54, 1.807) is 0 Å². The summed E-state index contributed by atoms with van der Waals surface area (Å²) in [5.41, 5.74) is 2.26. The second kappa shape index (κ2) is 8.32. The van der Waals surface area contributed by atoms with Gasteiger partial charge in [0, 0.05) is 17.5 Å². The fourth-order valence-corrected chi connectivity index (χ4v) is 3.89. The molecular weight excluding hydrogens is 358 g/mol. The first kappa shape index (κ1) is 18.3. The molecule has 4 nitrogen and oxygen atoms in total. The molecule has 1 aliphatic rings. The maximum atomic E-state index is 6.15. The maximum Gasteiger partial charge on any atom is 0.240 e. The Morgan fingerprint density at radius 2 is 1.81 bits per heavy atom. The zero-order valence-corrected chi connectivity index (χ0v) is 16.5. The summed E-state index contributed by atoms with van der Waals surface area (Å²) in [6.45, 7) is 7.20. The second-order valence-electron chi connectivity index (χ2n) is 7.53. The molecule has 1 atom stereocenters. The van der Waals surface area contributed by atoms with Gasteiger partial charge in [-0.1, -0.05) is 42.8 Å². The molecule has 1 unspecified atom stereocenters. The van der Waals surface area contributed by atoms with Gasteiger partial charge in [-0.05, 0) is 55.8 Å². The number of fused-ring (bicyclic) bond motifs is 1. The summed E-state index contributed by atoms with van der Waals surface area (Å²) >= 11 is 6.00.